The van der Waals surface area contributed by atoms with Gasteiger partial charge in [-0.25, -0.2) is 0 Å². The van der Waals surface area contributed by atoms with Crippen LogP contribution in [0.5, 0.6) is 0 Å². The summed E-state index contributed by atoms with van der Waals surface area (Å²) >= 11 is 1.69. The predicted molar refractivity (Wildman–Crippen MR) is 165 cm³/mol. The first-order valence-electron chi connectivity index (χ1n) is 15.3. The summed E-state index contributed by atoms with van der Waals surface area (Å²) in [6.45, 7) is 15.8. The molecule has 7 atom stereocenters. The highest BCUT2D eigenvalue weighted by Crippen LogP contribution is 2.69. The first-order valence-corrected chi connectivity index (χ1v) is 16.1. The van der Waals surface area contributed by atoms with E-state index in [1.54, 1.807) is 28.8 Å². The molecule has 1 spiro atoms. The molecule has 1 aromatic rings. The van der Waals surface area contributed by atoms with E-state index in [0.717, 1.165) is 37.7 Å². The zero-order valence-corrected chi connectivity index (χ0v) is 25.7. The quantitative estimate of drug-likeness (QED) is 0.240. The van der Waals surface area contributed by atoms with Crippen molar-refractivity contribution in [1.82, 2.24) is 14.7 Å². The van der Waals surface area contributed by atoms with Gasteiger partial charge >= 0.3 is 0 Å². The van der Waals surface area contributed by atoms with Gasteiger partial charge in [-0.15, -0.1) is 24.9 Å². The molecule has 1 aromatic carbocycles. The number of carbonyl (C=O) groups excluding carboxylic acids is 3. The number of unbranched alkanes of at least 4 members (excludes halogenated alkanes) is 2. The van der Waals surface area contributed by atoms with Crippen molar-refractivity contribution < 1.29 is 19.5 Å². The van der Waals surface area contributed by atoms with Gasteiger partial charge in [0.05, 0.1) is 29.2 Å². The van der Waals surface area contributed by atoms with Gasteiger partial charge in [0, 0.05) is 31.4 Å². The molecule has 0 radical (unpaired) electrons. The number of benzene rings is 1. The van der Waals surface area contributed by atoms with Gasteiger partial charge in [-0.1, -0.05) is 76.1 Å². The number of amides is 3. The van der Waals surface area contributed by atoms with Crippen LogP contribution in [0.4, 0.5) is 0 Å². The third-order valence-corrected chi connectivity index (χ3v) is 11.3. The molecule has 3 fully saturated rings. The molecule has 3 saturated heterocycles. The normalized spacial score (nSPS) is 28.8. The van der Waals surface area contributed by atoms with E-state index in [4.69, 9.17) is 0 Å². The van der Waals surface area contributed by atoms with Gasteiger partial charge in [0.1, 0.15) is 6.04 Å². The van der Waals surface area contributed by atoms with Crippen molar-refractivity contribution in [2.75, 3.05) is 32.8 Å². The molecular formula is C33H47N3O4S. The molecule has 7 nitrogen and oxygen atoms in total. The first-order chi connectivity index (χ1) is 19.8. The average Bonchev–Trinajstić information content (AvgIpc) is 3.57. The van der Waals surface area contributed by atoms with Gasteiger partial charge in [-0.05, 0) is 30.7 Å². The number of fused-ring (bicyclic) bond motifs is 1. The maximum absolute atomic E-state index is 14.7. The van der Waals surface area contributed by atoms with Crippen LogP contribution in [-0.4, -0.2) is 86.4 Å². The minimum absolute atomic E-state index is 0.0180. The van der Waals surface area contributed by atoms with Crippen molar-refractivity contribution in [2.24, 2.45) is 17.8 Å². The molecule has 8 heteroatoms. The van der Waals surface area contributed by atoms with Crippen molar-refractivity contribution in [3.8, 4) is 0 Å². The fraction of sp³-hybridized carbons (Fsp3) is 0.606. The molecule has 3 unspecified atom stereocenters. The van der Waals surface area contributed by atoms with Crippen LogP contribution in [-0.2, 0) is 14.4 Å². The highest BCUT2D eigenvalue weighted by molar-refractivity contribution is 8.02. The number of thioether (sulfide) groups is 1. The van der Waals surface area contributed by atoms with E-state index in [2.05, 4.69) is 27.0 Å². The van der Waals surface area contributed by atoms with E-state index in [-0.39, 0.29) is 35.5 Å². The summed E-state index contributed by atoms with van der Waals surface area (Å²) < 4.78 is -0.738. The van der Waals surface area contributed by atoms with Crippen molar-refractivity contribution in [2.45, 2.75) is 75.0 Å². The lowest BCUT2D eigenvalue weighted by Crippen LogP contribution is -2.58. The average molecular weight is 582 g/mol. The molecule has 3 amide bonds. The van der Waals surface area contributed by atoms with Gasteiger partial charge in [-0.2, -0.15) is 0 Å². The maximum Gasteiger partial charge on any atom is 0.247 e. The van der Waals surface area contributed by atoms with Crippen molar-refractivity contribution in [1.29, 1.82) is 0 Å². The summed E-state index contributed by atoms with van der Waals surface area (Å²) in [5, 5.41) is 10.7. The van der Waals surface area contributed by atoms with Crippen molar-refractivity contribution in [3.05, 3.63) is 61.2 Å². The Kier molecular flexibility index (Phi) is 10.4. The van der Waals surface area contributed by atoms with Crippen LogP contribution in [0.3, 0.4) is 0 Å². The van der Waals surface area contributed by atoms with Crippen LogP contribution in [0.2, 0.25) is 0 Å². The van der Waals surface area contributed by atoms with Crippen LogP contribution in [0, 0.1) is 17.8 Å². The predicted octanol–water partition coefficient (Wildman–Crippen LogP) is 4.69. The Labute approximate surface area is 250 Å². The van der Waals surface area contributed by atoms with E-state index < -0.39 is 28.7 Å². The van der Waals surface area contributed by atoms with Gasteiger partial charge < -0.3 is 19.8 Å². The van der Waals surface area contributed by atoms with E-state index in [1.165, 1.54) is 0 Å². The van der Waals surface area contributed by atoms with Crippen LogP contribution < -0.4 is 0 Å². The highest BCUT2D eigenvalue weighted by Gasteiger charge is 2.77. The third-order valence-electron chi connectivity index (χ3n) is 9.24. The minimum Gasteiger partial charge on any atom is -0.394 e. The molecule has 0 saturated carbocycles. The number of hydrogen-bond acceptors (Lipinski definition) is 5. The fourth-order valence-corrected chi connectivity index (χ4v) is 9.88. The van der Waals surface area contributed by atoms with Crippen molar-refractivity contribution in [3.63, 3.8) is 0 Å². The molecule has 3 aliphatic rings. The van der Waals surface area contributed by atoms with E-state index in [1.807, 2.05) is 47.1 Å². The number of carbonyl (C=O) groups is 3. The number of aliphatic hydroxyl groups excluding tert-OH is 1. The summed E-state index contributed by atoms with van der Waals surface area (Å²) in [5.41, 5.74) is 0.785. The second-order valence-electron chi connectivity index (χ2n) is 11.8. The van der Waals surface area contributed by atoms with Gasteiger partial charge in [0.15, 0.2) is 0 Å². The molecule has 41 heavy (non-hydrogen) atoms. The zero-order chi connectivity index (χ0) is 29.7. The molecule has 3 heterocycles. The number of aliphatic hydroxyl groups is 1. The summed E-state index contributed by atoms with van der Waals surface area (Å²) in [5.74, 6) is -1.37. The molecule has 224 valence electrons. The second kappa shape index (κ2) is 13.6. The fourth-order valence-electron chi connectivity index (χ4n) is 7.49. The number of nitrogens with zero attached hydrogens (tertiary/aromatic N) is 3. The summed E-state index contributed by atoms with van der Waals surface area (Å²) in [6.07, 6.45) is 7.99. The molecule has 2 bridgehead atoms. The van der Waals surface area contributed by atoms with Crippen LogP contribution >= 0.6 is 11.8 Å². The largest absolute Gasteiger partial charge is 0.394 e. The Morgan fingerprint density at radius 1 is 1.07 bits per heavy atom. The monoisotopic (exact) mass is 581 g/mol. The topological polar surface area (TPSA) is 81.2 Å². The Balaban J connectivity index is 1.83. The lowest BCUT2D eigenvalue weighted by molar-refractivity contribution is -0.147. The van der Waals surface area contributed by atoms with Gasteiger partial charge in [0.2, 0.25) is 17.7 Å². The lowest BCUT2D eigenvalue weighted by Gasteiger charge is -2.42. The van der Waals surface area contributed by atoms with E-state index in [0.29, 0.717) is 26.2 Å². The summed E-state index contributed by atoms with van der Waals surface area (Å²) in [6, 6.07) is 8.01. The highest BCUT2D eigenvalue weighted by atomic mass is 32.2. The number of rotatable bonds is 15. The number of likely N-dealkylation sites (tertiary alicyclic amines) is 1. The van der Waals surface area contributed by atoms with Gasteiger partial charge in [0.25, 0.3) is 0 Å². The molecular weight excluding hydrogens is 534 g/mol. The number of hydrogen-bond donors (Lipinski definition) is 1. The molecule has 1 N–H and O–H groups in total. The SMILES string of the molecule is C=CCN(CCCCC)C(=O)C1N([C@H](CO)c2ccccc2)C(=O)[C@@H]2[C@H](C(=O)N(CC=C)CCC)[C@@H]3CC(C)C12S3. The Morgan fingerprint density at radius 2 is 1.73 bits per heavy atom. The van der Waals surface area contributed by atoms with Gasteiger partial charge in [-0.3, -0.25) is 14.4 Å². The molecule has 0 aromatic heterocycles. The lowest BCUT2D eigenvalue weighted by atomic mass is 9.65. The smallest absolute Gasteiger partial charge is 0.247 e. The Hall–Kier alpha value is -2.58. The van der Waals surface area contributed by atoms with Crippen molar-refractivity contribution >= 4 is 29.5 Å². The molecule has 4 rings (SSSR count). The maximum atomic E-state index is 14.7. The van der Waals surface area contributed by atoms with E-state index in [9.17, 15) is 19.5 Å². The van der Waals surface area contributed by atoms with Crippen LogP contribution in [0.15, 0.2) is 55.6 Å². The van der Waals surface area contributed by atoms with Crippen LogP contribution in [0.25, 0.3) is 0 Å². The van der Waals surface area contributed by atoms with E-state index >= 15 is 0 Å². The minimum atomic E-state index is -0.777. The Morgan fingerprint density at radius 3 is 2.32 bits per heavy atom. The summed E-state index contributed by atoms with van der Waals surface area (Å²) in [4.78, 5) is 48.9. The molecule has 0 aliphatic carbocycles. The van der Waals surface area contributed by atoms with Crippen LogP contribution in [0.1, 0.15) is 64.5 Å². The first kappa shape index (κ1) is 31.4. The standard InChI is InChI=1S/C33H47N3O4S/c1-6-10-14-20-35(19-9-4)32(40)29-33-23(5)21-26(41-33)27(30(38)34(17-7-2)18-8-3)28(33)31(39)36(29)25(22-37)24-15-12-11-13-16-24/h7,9,11-13,15-16,23,25-29,37H,2,4,6,8,10,14,17-22H2,1,3,5H3/t23?,25-,26+,27-,28+,29?,33?/m1/s1. The summed E-state index contributed by atoms with van der Waals surface area (Å²) in [7, 11) is 0. The Bertz CT molecular complexity index is 1110. The second-order valence-corrected chi connectivity index (χ2v) is 13.3. The zero-order valence-electron chi connectivity index (χ0n) is 24.9. The third kappa shape index (κ3) is 5.50. The molecule has 3 aliphatic heterocycles.